The van der Waals surface area contributed by atoms with Crippen LogP contribution in [0.5, 0.6) is 0 Å². The number of hydrogen-bond donors (Lipinski definition) is 1. The molecular formula is C35H46IrNO2SSe-. The SMILES string of the molecule is CCC(CC)C(=O)/C=C(\O)C(CC)CC.Cc1[c-]c(-c2nccc3c2sc2c(CC(C)(C)C)cccc23)[se]c1C.[Ir]. The molecule has 0 unspecified atom stereocenters. The first-order valence-corrected chi connectivity index (χ1v) is 17.2. The third-order valence-electron chi connectivity index (χ3n) is 7.60. The molecule has 1 radical (unpaired) electrons. The Labute approximate surface area is 271 Å². The third-order valence-corrected chi connectivity index (χ3v) is 11.2. The number of allylic oxidation sites excluding steroid dienone is 2. The normalized spacial score (nSPS) is 12.1. The van der Waals surface area contributed by atoms with Gasteiger partial charge in [-0.1, -0.05) is 27.7 Å². The average molecular weight is 816 g/mol. The molecule has 0 spiro atoms. The molecule has 0 bridgehead atoms. The van der Waals surface area contributed by atoms with E-state index in [4.69, 9.17) is 4.98 Å². The van der Waals surface area contributed by atoms with Crippen LogP contribution in [0.4, 0.5) is 0 Å². The van der Waals surface area contributed by atoms with Gasteiger partial charge in [-0.05, 0) is 25.7 Å². The molecule has 1 N–H and O–H groups in total. The van der Waals surface area contributed by atoms with Gasteiger partial charge in [-0.3, -0.25) is 4.79 Å². The number of thiophene rings is 1. The van der Waals surface area contributed by atoms with Gasteiger partial charge in [0.25, 0.3) is 0 Å². The Balaban J connectivity index is 0.000000320. The molecule has 0 aliphatic rings. The monoisotopic (exact) mass is 817 g/mol. The first-order valence-electron chi connectivity index (χ1n) is 14.7. The second kappa shape index (κ2) is 15.8. The molecule has 0 aliphatic carbocycles. The van der Waals surface area contributed by atoms with Gasteiger partial charge in [0, 0.05) is 38.0 Å². The summed E-state index contributed by atoms with van der Waals surface area (Å²) < 4.78 is 5.52. The van der Waals surface area contributed by atoms with E-state index in [1.165, 1.54) is 46.2 Å². The second-order valence-electron chi connectivity index (χ2n) is 11.9. The van der Waals surface area contributed by atoms with Gasteiger partial charge >= 0.3 is 160 Å². The quantitative estimate of drug-likeness (QED) is 0.0793. The zero-order chi connectivity index (χ0) is 29.6. The van der Waals surface area contributed by atoms with Crippen molar-refractivity contribution in [3.8, 4) is 10.1 Å². The molecule has 4 rings (SSSR count). The van der Waals surface area contributed by atoms with Crippen molar-refractivity contribution in [2.45, 2.75) is 94.4 Å². The van der Waals surface area contributed by atoms with Crippen LogP contribution in [0.25, 0.3) is 30.3 Å². The van der Waals surface area contributed by atoms with Gasteiger partial charge in [-0.2, -0.15) is 0 Å². The minimum absolute atomic E-state index is 0. The van der Waals surface area contributed by atoms with E-state index in [9.17, 15) is 9.90 Å². The smallest absolute Gasteiger partial charge is 0 e. The van der Waals surface area contributed by atoms with Crippen molar-refractivity contribution in [1.29, 1.82) is 0 Å². The number of rotatable bonds is 9. The van der Waals surface area contributed by atoms with E-state index >= 15 is 0 Å². The molecule has 3 heterocycles. The topological polar surface area (TPSA) is 50.2 Å². The van der Waals surface area contributed by atoms with E-state index in [0.29, 0.717) is 14.5 Å². The predicted octanol–water partition coefficient (Wildman–Crippen LogP) is 10.0. The number of hydrogen-bond acceptors (Lipinski definition) is 4. The van der Waals surface area contributed by atoms with Crippen molar-refractivity contribution in [3.63, 3.8) is 0 Å². The molecule has 1 aromatic carbocycles. The van der Waals surface area contributed by atoms with Crippen LogP contribution < -0.4 is 0 Å². The van der Waals surface area contributed by atoms with Gasteiger partial charge in [0.2, 0.25) is 0 Å². The van der Waals surface area contributed by atoms with E-state index in [0.717, 1.165) is 37.8 Å². The number of aromatic nitrogens is 1. The Morgan fingerprint density at radius 3 is 2.15 bits per heavy atom. The Hall–Kier alpha value is -1.55. The van der Waals surface area contributed by atoms with Crippen molar-refractivity contribution >= 4 is 51.8 Å². The van der Waals surface area contributed by atoms with Crippen LogP contribution in [0.3, 0.4) is 0 Å². The number of carbonyl (C=O) groups is 1. The van der Waals surface area contributed by atoms with Gasteiger partial charge in [-0.25, -0.2) is 0 Å². The van der Waals surface area contributed by atoms with E-state index in [2.05, 4.69) is 65.0 Å². The number of nitrogens with zero attached hydrogens (tertiary/aromatic N) is 1. The van der Waals surface area contributed by atoms with E-state index in [-0.39, 0.29) is 48.9 Å². The van der Waals surface area contributed by atoms with Crippen LogP contribution in [-0.2, 0) is 31.3 Å². The van der Waals surface area contributed by atoms with Crippen LogP contribution in [-0.4, -0.2) is 30.4 Å². The molecule has 3 aromatic heterocycles. The molecular weight excluding hydrogens is 770 g/mol. The summed E-state index contributed by atoms with van der Waals surface area (Å²) in [5.41, 5.74) is 4.19. The fourth-order valence-electron chi connectivity index (χ4n) is 5.06. The van der Waals surface area contributed by atoms with Crippen LogP contribution in [0.2, 0.25) is 0 Å². The fourth-order valence-corrected chi connectivity index (χ4v) is 8.53. The summed E-state index contributed by atoms with van der Waals surface area (Å²) in [7, 11) is 0. The van der Waals surface area contributed by atoms with Crippen molar-refractivity contribution in [2.24, 2.45) is 17.3 Å². The summed E-state index contributed by atoms with van der Waals surface area (Å²) >= 11 is 2.27. The molecule has 225 valence electrons. The van der Waals surface area contributed by atoms with Crippen LogP contribution in [0, 0.1) is 37.2 Å². The van der Waals surface area contributed by atoms with Crippen LogP contribution in [0.15, 0.2) is 42.3 Å². The van der Waals surface area contributed by atoms with Crippen LogP contribution >= 0.6 is 11.3 Å². The maximum absolute atomic E-state index is 11.7. The number of pyridine rings is 1. The largest absolute Gasteiger partial charge is 0 e. The molecule has 0 atom stereocenters. The molecule has 3 nitrogen and oxygen atoms in total. The first-order chi connectivity index (χ1) is 18.9. The predicted molar refractivity (Wildman–Crippen MR) is 175 cm³/mol. The van der Waals surface area contributed by atoms with Crippen molar-refractivity contribution < 1.29 is 30.0 Å². The zero-order valence-electron chi connectivity index (χ0n) is 26.1. The zero-order valence-corrected chi connectivity index (χ0v) is 31.0. The number of aryl methyl sites for hydroxylation is 2. The van der Waals surface area contributed by atoms with Crippen LogP contribution in [0.1, 0.15) is 89.7 Å². The van der Waals surface area contributed by atoms with Gasteiger partial charge in [0.05, 0.1) is 5.76 Å². The summed E-state index contributed by atoms with van der Waals surface area (Å²) in [6.45, 7) is 19.4. The number of carbonyl (C=O) groups excluding carboxylic acids is 1. The van der Waals surface area contributed by atoms with Gasteiger partial charge in [-0.15, -0.1) is 0 Å². The summed E-state index contributed by atoms with van der Waals surface area (Å²) in [5.74, 6) is 0.547. The van der Waals surface area contributed by atoms with E-state index in [1.807, 2.05) is 45.2 Å². The first kappa shape index (κ1) is 35.6. The third kappa shape index (κ3) is 8.97. The molecule has 6 heteroatoms. The van der Waals surface area contributed by atoms with E-state index < -0.39 is 0 Å². The summed E-state index contributed by atoms with van der Waals surface area (Å²) in [6.07, 6.45) is 7.97. The minimum atomic E-state index is 0. The second-order valence-corrected chi connectivity index (χ2v) is 15.5. The molecule has 0 fully saturated rings. The van der Waals surface area contributed by atoms with Gasteiger partial charge in [0.15, 0.2) is 5.78 Å². The van der Waals surface area contributed by atoms with E-state index in [1.54, 1.807) is 0 Å². The van der Waals surface area contributed by atoms with Gasteiger partial charge in [0.1, 0.15) is 0 Å². The van der Waals surface area contributed by atoms with Crippen molar-refractivity contribution in [3.05, 3.63) is 63.9 Å². The molecule has 0 amide bonds. The standard InChI is InChI=1S/C22H22NSSe.C13H24O2.Ir/c1-13-11-18(25-14(13)2)19-21-17(9-10-23-19)16-8-6-7-15(20(16)24-21)12-22(3,4)5;1-5-10(6-2)12(14)9-13(15)11(7-3)8-4;/h6-10H,12H2,1-5H3;9-11,14H,5-8H2,1-4H3;/q-1;;/b;12-9-;. The van der Waals surface area contributed by atoms with Gasteiger partial charge < -0.3 is 5.11 Å². The molecule has 4 aromatic rings. The number of aliphatic hydroxyl groups excluding tert-OH is 1. The molecule has 0 aliphatic heterocycles. The fraction of sp³-hybridized carbons (Fsp3) is 0.486. The Morgan fingerprint density at radius 1 is 1.00 bits per heavy atom. The average Bonchev–Trinajstić information content (AvgIpc) is 3.45. The number of aliphatic hydroxyl groups is 1. The van der Waals surface area contributed by atoms with Crippen molar-refractivity contribution in [2.75, 3.05) is 0 Å². The summed E-state index contributed by atoms with van der Waals surface area (Å²) in [4.78, 5) is 16.5. The molecule has 0 saturated heterocycles. The maximum Gasteiger partial charge on any atom is 0 e. The number of benzene rings is 1. The molecule has 41 heavy (non-hydrogen) atoms. The Morgan fingerprint density at radius 2 is 1.61 bits per heavy atom. The Kier molecular flexibility index (Phi) is 13.7. The van der Waals surface area contributed by atoms with Crippen molar-refractivity contribution in [1.82, 2.24) is 4.98 Å². The number of fused-ring (bicyclic) bond motifs is 3. The summed E-state index contributed by atoms with van der Waals surface area (Å²) in [5, 5.41) is 12.5. The minimum Gasteiger partial charge on any atom is 0 e. The summed E-state index contributed by atoms with van der Waals surface area (Å²) in [6, 6.07) is 12.5. The molecule has 0 saturated carbocycles. The maximum atomic E-state index is 11.7. The Bertz CT molecular complexity index is 1450. The number of ketones is 1.